The Hall–Kier alpha value is -1.77. The lowest BCUT2D eigenvalue weighted by Gasteiger charge is -2.11. The van der Waals surface area contributed by atoms with E-state index in [-0.39, 0.29) is 6.03 Å². The van der Waals surface area contributed by atoms with Gasteiger partial charge in [0.1, 0.15) is 0 Å². The Bertz CT molecular complexity index is 502. The minimum absolute atomic E-state index is 0.110. The van der Waals surface area contributed by atoms with Crippen LogP contribution in [0.15, 0.2) is 36.0 Å². The minimum Gasteiger partial charge on any atom is -0.338 e. The van der Waals surface area contributed by atoms with Gasteiger partial charge in [0.15, 0.2) is 0 Å². The largest absolute Gasteiger partial charge is 0.338 e. The summed E-state index contributed by atoms with van der Waals surface area (Å²) in [7, 11) is 0. The Balaban J connectivity index is 1.70. The fraction of sp³-hybridized carbons (Fsp3) is 0.500. The molecule has 1 aliphatic rings. The van der Waals surface area contributed by atoms with Crippen LogP contribution in [0.2, 0.25) is 0 Å². The van der Waals surface area contributed by atoms with Gasteiger partial charge in [-0.3, -0.25) is 0 Å². The van der Waals surface area contributed by atoms with E-state index in [0.717, 1.165) is 6.42 Å². The number of amides is 2. The van der Waals surface area contributed by atoms with Gasteiger partial charge in [-0.2, -0.15) is 0 Å². The summed E-state index contributed by atoms with van der Waals surface area (Å²) in [5.74, 6) is 0.664. The molecule has 2 rings (SSSR count). The first-order chi connectivity index (χ1) is 10.2. The van der Waals surface area contributed by atoms with E-state index < -0.39 is 0 Å². The molecule has 1 aliphatic carbocycles. The number of nitrogens with one attached hydrogen (secondary N) is 2. The highest BCUT2D eigenvalue weighted by atomic mass is 16.2. The van der Waals surface area contributed by atoms with Crippen molar-refractivity contribution in [3.63, 3.8) is 0 Å². The van der Waals surface area contributed by atoms with Crippen molar-refractivity contribution in [1.82, 2.24) is 10.6 Å². The van der Waals surface area contributed by atoms with Gasteiger partial charge in [0.05, 0.1) is 0 Å². The maximum Gasteiger partial charge on any atom is 0.318 e. The number of urea groups is 1. The van der Waals surface area contributed by atoms with Crippen LogP contribution in [-0.4, -0.2) is 12.6 Å². The summed E-state index contributed by atoms with van der Waals surface area (Å²) in [6.07, 6.45) is 7.90. The van der Waals surface area contributed by atoms with Crippen molar-refractivity contribution in [3.05, 3.63) is 47.2 Å². The number of benzene rings is 1. The van der Waals surface area contributed by atoms with Crippen LogP contribution in [0.4, 0.5) is 4.79 Å². The summed E-state index contributed by atoms with van der Waals surface area (Å²) in [6.45, 7) is 4.87. The second-order valence-corrected chi connectivity index (χ2v) is 5.95. The molecule has 0 atom stereocenters. The molecule has 1 fully saturated rings. The maximum absolute atomic E-state index is 11.8. The summed E-state index contributed by atoms with van der Waals surface area (Å²) in [5, 5.41) is 5.76. The van der Waals surface area contributed by atoms with Crippen molar-refractivity contribution in [1.29, 1.82) is 0 Å². The van der Waals surface area contributed by atoms with Crippen molar-refractivity contribution >= 4 is 6.03 Å². The van der Waals surface area contributed by atoms with Crippen LogP contribution >= 0.6 is 0 Å². The molecule has 0 unspecified atom stereocenters. The van der Waals surface area contributed by atoms with Crippen LogP contribution in [0.5, 0.6) is 0 Å². The fourth-order valence-electron chi connectivity index (χ4n) is 2.93. The standard InChI is InChI=1S/C18H26N2O/c1-14-7-3-4-10-17(14)11-12-19-18(21)20-13-15(2)16-8-5-6-9-16/h3-4,7,10,13,16H,5-6,8-9,11-12H2,1-2H3,(H2,19,20,21)/b15-13+. The first-order valence-corrected chi connectivity index (χ1v) is 7.92. The SMILES string of the molecule is C/C(=C\NC(=O)NCCc1ccccc1C)C1CCCC1. The molecule has 0 aliphatic heterocycles. The van der Waals surface area contributed by atoms with E-state index in [4.69, 9.17) is 0 Å². The number of hydrogen-bond donors (Lipinski definition) is 2. The molecule has 0 bridgehead atoms. The lowest BCUT2D eigenvalue weighted by molar-refractivity contribution is 0.244. The van der Waals surface area contributed by atoms with Gasteiger partial charge in [-0.1, -0.05) is 42.7 Å². The Morgan fingerprint density at radius 2 is 2.00 bits per heavy atom. The molecular formula is C18H26N2O. The molecular weight excluding hydrogens is 260 g/mol. The van der Waals surface area contributed by atoms with Crippen LogP contribution in [-0.2, 0) is 6.42 Å². The molecule has 3 heteroatoms. The summed E-state index contributed by atoms with van der Waals surface area (Å²) in [4.78, 5) is 11.8. The predicted molar refractivity (Wildman–Crippen MR) is 87.1 cm³/mol. The Kier molecular flexibility index (Phi) is 5.85. The second kappa shape index (κ2) is 7.87. The third-order valence-electron chi connectivity index (χ3n) is 4.37. The van der Waals surface area contributed by atoms with E-state index in [2.05, 4.69) is 36.6 Å². The van der Waals surface area contributed by atoms with Crippen molar-refractivity contribution in [2.24, 2.45) is 5.92 Å². The lowest BCUT2D eigenvalue weighted by Crippen LogP contribution is -2.34. The van der Waals surface area contributed by atoms with Gasteiger partial charge in [-0.15, -0.1) is 0 Å². The van der Waals surface area contributed by atoms with Crippen LogP contribution < -0.4 is 10.6 Å². The zero-order chi connectivity index (χ0) is 15.1. The third kappa shape index (κ3) is 4.92. The normalized spacial score (nSPS) is 16.0. The number of carbonyl (C=O) groups is 1. The molecule has 0 saturated heterocycles. The van der Waals surface area contributed by atoms with Gasteiger partial charge < -0.3 is 10.6 Å². The fourth-order valence-corrected chi connectivity index (χ4v) is 2.93. The smallest absolute Gasteiger partial charge is 0.318 e. The van der Waals surface area contributed by atoms with Gasteiger partial charge in [-0.05, 0) is 50.2 Å². The zero-order valence-corrected chi connectivity index (χ0v) is 13.1. The molecule has 0 heterocycles. The first-order valence-electron chi connectivity index (χ1n) is 7.92. The minimum atomic E-state index is -0.110. The maximum atomic E-state index is 11.8. The third-order valence-corrected chi connectivity index (χ3v) is 4.37. The predicted octanol–water partition coefficient (Wildman–Crippen LogP) is 3.93. The van der Waals surface area contributed by atoms with E-state index in [0.29, 0.717) is 12.5 Å². The van der Waals surface area contributed by atoms with Gasteiger partial charge in [0, 0.05) is 12.7 Å². The summed E-state index contributed by atoms with van der Waals surface area (Å²) in [6, 6.07) is 8.18. The van der Waals surface area contributed by atoms with Gasteiger partial charge in [0.2, 0.25) is 0 Å². The number of carbonyl (C=O) groups excluding carboxylic acids is 1. The molecule has 1 aromatic carbocycles. The highest BCUT2D eigenvalue weighted by molar-refractivity contribution is 5.74. The van der Waals surface area contributed by atoms with E-state index in [1.54, 1.807) is 0 Å². The molecule has 0 spiro atoms. The quantitative estimate of drug-likeness (QED) is 0.846. The first kappa shape index (κ1) is 15.6. The molecule has 2 N–H and O–H groups in total. The number of hydrogen-bond acceptors (Lipinski definition) is 1. The van der Waals surface area contributed by atoms with E-state index in [9.17, 15) is 4.79 Å². The van der Waals surface area contributed by atoms with E-state index in [1.807, 2.05) is 18.3 Å². The zero-order valence-electron chi connectivity index (χ0n) is 13.1. The monoisotopic (exact) mass is 286 g/mol. The lowest BCUT2D eigenvalue weighted by atomic mass is 10.0. The molecule has 2 amide bonds. The Morgan fingerprint density at radius 3 is 2.71 bits per heavy atom. The highest BCUT2D eigenvalue weighted by Gasteiger charge is 2.16. The van der Waals surface area contributed by atoms with Crippen LogP contribution in [0.1, 0.15) is 43.7 Å². The molecule has 3 nitrogen and oxygen atoms in total. The average molecular weight is 286 g/mol. The van der Waals surface area contributed by atoms with Crippen molar-refractivity contribution < 1.29 is 4.79 Å². The molecule has 1 saturated carbocycles. The van der Waals surface area contributed by atoms with Gasteiger partial charge >= 0.3 is 6.03 Å². The average Bonchev–Trinajstić information content (AvgIpc) is 3.01. The summed E-state index contributed by atoms with van der Waals surface area (Å²) >= 11 is 0. The molecule has 0 radical (unpaired) electrons. The summed E-state index contributed by atoms with van der Waals surface area (Å²) in [5.41, 5.74) is 3.86. The Morgan fingerprint density at radius 1 is 1.29 bits per heavy atom. The Labute approximate surface area is 127 Å². The van der Waals surface area contributed by atoms with Crippen molar-refractivity contribution in [2.75, 3.05) is 6.54 Å². The highest BCUT2D eigenvalue weighted by Crippen LogP contribution is 2.30. The summed E-state index contributed by atoms with van der Waals surface area (Å²) < 4.78 is 0. The van der Waals surface area contributed by atoms with Crippen molar-refractivity contribution in [3.8, 4) is 0 Å². The topological polar surface area (TPSA) is 41.1 Å². The van der Waals surface area contributed by atoms with Gasteiger partial charge in [-0.25, -0.2) is 4.79 Å². The van der Waals surface area contributed by atoms with Gasteiger partial charge in [0.25, 0.3) is 0 Å². The molecule has 0 aromatic heterocycles. The van der Waals surface area contributed by atoms with Crippen LogP contribution in [0.3, 0.4) is 0 Å². The van der Waals surface area contributed by atoms with Crippen LogP contribution in [0, 0.1) is 12.8 Å². The van der Waals surface area contributed by atoms with E-state index >= 15 is 0 Å². The molecule has 114 valence electrons. The number of allylic oxidation sites excluding steroid dienone is 1. The van der Waals surface area contributed by atoms with Crippen molar-refractivity contribution in [2.45, 2.75) is 46.0 Å². The van der Waals surface area contributed by atoms with Crippen LogP contribution in [0.25, 0.3) is 0 Å². The number of rotatable bonds is 5. The number of aryl methyl sites for hydroxylation is 1. The second-order valence-electron chi connectivity index (χ2n) is 5.95. The molecule has 1 aromatic rings. The van der Waals surface area contributed by atoms with E-state index in [1.165, 1.54) is 42.4 Å². The molecule has 21 heavy (non-hydrogen) atoms.